The highest BCUT2D eigenvalue weighted by Gasteiger charge is 2.27. The van der Waals surface area contributed by atoms with Crippen LogP contribution < -0.4 is 20.3 Å². The fraction of sp³-hybridized carbons (Fsp3) is 0.556. The Morgan fingerprint density at radius 2 is 1.78 bits per heavy atom. The maximum atomic E-state index is 12.8. The summed E-state index contributed by atoms with van der Waals surface area (Å²) in [6, 6.07) is 9.63. The second kappa shape index (κ2) is 12.1. The molecule has 2 aromatic rings. The minimum atomic E-state index is -0.180. The summed E-state index contributed by atoms with van der Waals surface area (Å²) in [6.07, 6.45) is 5.85. The molecule has 3 fully saturated rings. The van der Waals surface area contributed by atoms with Gasteiger partial charge in [0.15, 0.2) is 11.5 Å². The molecule has 1 saturated carbocycles. The second-order valence-electron chi connectivity index (χ2n) is 10.1. The Hall–Kier alpha value is -2.93. The molecule has 5 rings (SSSR count). The number of rotatable bonds is 6. The summed E-state index contributed by atoms with van der Waals surface area (Å²) in [5.41, 5.74) is 0.775. The molecule has 1 aromatic heterocycles. The molecule has 1 aliphatic carbocycles. The molecular weight excluding hydrogens is 490 g/mol. The third-order valence-corrected chi connectivity index (χ3v) is 8.00. The summed E-state index contributed by atoms with van der Waals surface area (Å²) in [5, 5.41) is 15.6. The number of piperidine rings is 1. The smallest absolute Gasteiger partial charge is 0.272 e. The molecule has 2 N–H and O–H groups in total. The highest BCUT2D eigenvalue weighted by Crippen LogP contribution is 2.31. The van der Waals surface area contributed by atoms with Crippen molar-refractivity contribution < 1.29 is 9.53 Å². The number of carbonyl (C=O) groups is 1. The molecule has 37 heavy (non-hydrogen) atoms. The monoisotopic (exact) mass is 523 g/mol. The number of aromatic nitrogens is 2. The van der Waals surface area contributed by atoms with E-state index in [1.54, 1.807) is 24.3 Å². The van der Waals surface area contributed by atoms with Crippen molar-refractivity contribution in [2.45, 2.75) is 56.7 Å². The average molecular weight is 524 g/mol. The Kier molecular flexibility index (Phi) is 8.39. The number of hydrogen-bond donors (Lipinski definition) is 2. The Bertz CT molecular complexity index is 1100. The molecule has 1 aromatic carbocycles. The first-order chi connectivity index (χ1) is 18.1. The Labute approximate surface area is 223 Å². The van der Waals surface area contributed by atoms with Crippen LogP contribution in [0.3, 0.4) is 0 Å². The van der Waals surface area contributed by atoms with Crippen molar-refractivity contribution in [3.63, 3.8) is 0 Å². The van der Waals surface area contributed by atoms with Gasteiger partial charge < -0.3 is 20.3 Å². The first-order valence-corrected chi connectivity index (χ1v) is 13.6. The topological polar surface area (TPSA) is 87.0 Å². The van der Waals surface area contributed by atoms with Crippen molar-refractivity contribution in [1.82, 2.24) is 25.7 Å². The van der Waals surface area contributed by atoms with Crippen LogP contribution in [0, 0.1) is 6.57 Å². The molecule has 3 aliphatic rings. The van der Waals surface area contributed by atoms with E-state index in [-0.39, 0.29) is 18.1 Å². The molecule has 0 spiro atoms. The zero-order valence-electron chi connectivity index (χ0n) is 21.0. The number of piperazine rings is 1. The number of anilines is 1. The van der Waals surface area contributed by atoms with Gasteiger partial charge in [0.05, 0.1) is 17.7 Å². The molecule has 0 radical (unpaired) electrons. The van der Waals surface area contributed by atoms with E-state index in [4.69, 9.17) is 22.9 Å². The molecule has 1 amide bonds. The van der Waals surface area contributed by atoms with Crippen LogP contribution in [0.4, 0.5) is 11.5 Å². The number of nitrogens with one attached hydrogen (secondary N) is 2. The van der Waals surface area contributed by atoms with Crippen molar-refractivity contribution in [2.75, 3.05) is 44.2 Å². The van der Waals surface area contributed by atoms with E-state index in [2.05, 4.69) is 35.5 Å². The van der Waals surface area contributed by atoms with Crippen LogP contribution in [0.1, 0.15) is 49.0 Å². The molecule has 2 aliphatic heterocycles. The molecule has 0 unspecified atom stereocenters. The lowest BCUT2D eigenvalue weighted by Crippen LogP contribution is -2.53. The first-order valence-electron chi connectivity index (χ1n) is 13.3. The zero-order chi connectivity index (χ0) is 25.6. The largest absolute Gasteiger partial charge is 0.490 e. The lowest BCUT2D eigenvalue weighted by atomic mass is 9.93. The van der Waals surface area contributed by atoms with Crippen LogP contribution >= 0.6 is 11.6 Å². The van der Waals surface area contributed by atoms with Gasteiger partial charge in [-0.1, -0.05) is 17.7 Å². The van der Waals surface area contributed by atoms with Crippen LogP contribution in [0.15, 0.2) is 30.3 Å². The van der Waals surface area contributed by atoms with Gasteiger partial charge in [-0.2, -0.15) is 0 Å². The van der Waals surface area contributed by atoms with Gasteiger partial charge >= 0.3 is 0 Å². The van der Waals surface area contributed by atoms with Crippen LogP contribution in [-0.4, -0.2) is 78.5 Å². The number of carbonyl (C=O) groups excluding carboxylic acids is 1. The summed E-state index contributed by atoms with van der Waals surface area (Å²) in [7, 11) is 0. The molecule has 0 bridgehead atoms. The summed E-state index contributed by atoms with van der Waals surface area (Å²) < 4.78 is 6.05. The Morgan fingerprint density at radius 3 is 2.43 bits per heavy atom. The van der Waals surface area contributed by atoms with E-state index < -0.39 is 0 Å². The molecule has 3 heterocycles. The molecule has 196 valence electrons. The maximum absolute atomic E-state index is 12.8. The van der Waals surface area contributed by atoms with E-state index in [9.17, 15) is 4.79 Å². The highest BCUT2D eigenvalue weighted by molar-refractivity contribution is 6.33. The molecule has 2 saturated heterocycles. The minimum absolute atomic E-state index is 0.0670. The SMILES string of the molecule is [C-]#[N+]c1ccc(OC2CCC(NC(=O)c3ccc(N4CCN(C5CCNCC5)CC4)nn3)CC2)cc1Cl. The van der Waals surface area contributed by atoms with Gasteiger partial charge in [-0.15, -0.1) is 10.2 Å². The Balaban J connectivity index is 1.06. The van der Waals surface area contributed by atoms with Gasteiger partial charge in [-0.3, -0.25) is 9.69 Å². The van der Waals surface area contributed by atoms with Crippen molar-refractivity contribution in [3.05, 3.63) is 52.5 Å². The highest BCUT2D eigenvalue weighted by atomic mass is 35.5. The summed E-state index contributed by atoms with van der Waals surface area (Å²) in [6.45, 7) is 13.3. The number of halogens is 1. The summed E-state index contributed by atoms with van der Waals surface area (Å²) in [5.74, 6) is 1.33. The van der Waals surface area contributed by atoms with Crippen LogP contribution in [0.5, 0.6) is 5.75 Å². The number of amides is 1. The molecule has 10 heteroatoms. The second-order valence-corrected chi connectivity index (χ2v) is 10.5. The average Bonchev–Trinajstić information content (AvgIpc) is 2.95. The van der Waals surface area contributed by atoms with Crippen molar-refractivity contribution in [2.24, 2.45) is 0 Å². The predicted molar refractivity (Wildman–Crippen MR) is 144 cm³/mol. The van der Waals surface area contributed by atoms with Gasteiger partial charge in [0, 0.05) is 38.3 Å². The van der Waals surface area contributed by atoms with Gasteiger partial charge in [-0.25, -0.2) is 4.85 Å². The number of benzene rings is 1. The van der Waals surface area contributed by atoms with Crippen LogP contribution in [0.25, 0.3) is 4.85 Å². The van der Waals surface area contributed by atoms with Gasteiger partial charge in [0.25, 0.3) is 5.91 Å². The fourth-order valence-corrected chi connectivity index (χ4v) is 5.74. The third-order valence-electron chi connectivity index (χ3n) is 7.70. The zero-order valence-corrected chi connectivity index (χ0v) is 21.8. The first kappa shape index (κ1) is 25.7. The Morgan fingerprint density at radius 1 is 1.03 bits per heavy atom. The number of nitrogens with zero attached hydrogens (tertiary/aromatic N) is 5. The van der Waals surface area contributed by atoms with Crippen molar-refractivity contribution >= 4 is 29.0 Å². The van der Waals surface area contributed by atoms with E-state index in [0.717, 1.165) is 70.8 Å². The van der Waals surface area contributed by atoms with Crippen molar-refractivity contribution in [3.8, 4) is 5.75 Å². The minimum Gasteiger partial charge on any atom is -0.490 e. The lowest BCUT2D eigenvalue weighted by Gasteiger charge is -2.41. The molecular formula is C27H34ClN7O2. The summed E-state index contributed by atoms with van der Waals surface area (Å²) in [4.78, 5) is 21.0. The third kappa shape index (κ3) is 6.50. The van der Waals surface area contributed by atoms with E-state index >= 15 is 0 Å². The van der Waals surface area contributed by atoms with E-state index in [1.807, 2.05) is 6.07 Å². The normalized spacial score (nSPS) is 23.3. The quantitative estimate of drug-likeness (QED) is 0.558. The maximum Gasteiger partial charge on any atom is 0.272 e. The lowest BCUT2D eigenvalue weighted by molar-refractivity contribution is 0.0888. The number of ether oxygens (including phenoxy) is 1. The van der Waals surface area contributed by atoms with Gasteiger partial charge in [0.2, 0.25) is 5.69 Å². The van der Waals surface area contributed by atoms with E-state index in [1.165, 1.54) is 12.8 Å². The predicted octanol–water partition coefficient (Wildman–Crippen LogP) is 3.67. The van der Waals surface area contributed by atoms with Gasteiger partial charge in [-0.05, 0) is 75.9 Å². The van der Waals surface area contributed by atoms with Crippen LogP contribution in [-0.2, 0) is 0 Å². The van der Waals surface area contributed by atoms with Crippen molar-refractivity contribution in [1.29, 1.82) is 0 Å². The molecule has 9 nitrogen and oxygen atoms in total. The van der Waals surface area contributed by atoms with Gasteiger partial charge in [0.1, 0.15) is 5.75 Å². The van der Waals surface area contributed by atoms with Crippen LogP contribution in [0.2, 0.25) is 5.02 Å². The standard InChI is InChI=1S/C27H34ClN7O2/c1-29-24-7-6-22(18-23(24)28)37-21-4-2-19(3-5-21)31-27(36)25-8-9-26(33-32-25)35-16-14-34(15-17-35)20-10-12-30-13-11-20/h6-9,18-21,30H,2-5,10-17H2,(H,31,36). The number of hydrogen-bond acceptors (Lipinski definition) is 7. The summed E-state index contributed by atoms with van der Waals surface area (Å²) >= 11 is 6.12. The molecule has 0 atom stereocenters. The van der Waals surface area contributed by atoms with E-state index in [0.29, 0.717) is 28.2 Å². The fourth-order valence-electron chi connectivity index (χ4n) is 5.53.